The summed E-state index contributed by atoms with van der Waals surface area (Å²) in [7, 11) is -3.72. The molecule has 0 aromatic heterocycles. The second-order valence-electron chi connectivity index (χ2n) is 8.04. The molecule has 3 aromatic carbocycles. The number of hydrogen-bond donors (Lipinski definition) is 1. The number of piperazine rings is 1. The van der Waals surface area contributed by atoms with Crippen LogP contribution in [0.5, 0.6) is 0 Å². The lowest BCUT2D eigenvalue weighted by molar-refractivity contribution is 0.0535. The smallest absolute Gasteiger partial charge is 0.261 e. The summed E-state index contributed by atoms with van der Waals surface area (Å²) in [6.07, 6.45) is 0. The molecule has 1 heterocycles. The number of halogens is 1. The summed E-state index contributed by atoms with van der Waals surface area (Å²) in [6, 6.07) is 18.7. The predicted molar refractivity (Wildman–Crippen MR) is 127 cm³/mol. The van der Waals surface area contributed by atoms with E-state index in [9.17, 15) is 22.4 Å². The molecule has 0 atom stereocenters. The highest BCUT2D eigenvalue weighted by atomic mass is 32.2. The van der Waals surface area contributed by atoms with Gasteiger partial charge in [0.2, 0.25) is 0 Å². The molecule has 1 N–H and O–H groups in total. The molecule has 2 amide bonds. The molecule has 0 aliphatic carbocycles. The van der Waals surface area contributed by atoms with E-state index < -0.39 is 15.8 Å². The van der Waals surface area contributed by atoms with Crippen LogP contribution in [0.4, 0.5) is 10.1 Å². The lowest BCUT2D eigenvalue weighted by Gasteiger charge is -2.35. The maximum absolute atomic E-state index is 13.8. The number of amides is 2. The van der Waals surface area contributed by atoms with Crippen molar-refractivity contribution in [3.05, 3.63) is 95.3 Å². The largest absolute Gasteiger partial charge is 0.335 e. The SMILES string of the molecule is Cc1ccc(C(=O)N2CCN(C(=O)c3ccc(NS(=O)(=O)c4ccccc4)cc3)CC2)cc1F. The van der Waals surface area contributed by atoms with Crippen molar-refractivity contribution in [2.75, 3.05) is 30.9 Å². The fourth-order valence-corrected chi connectivity index (χ4v) is 4.78. The lowest BCUT2D eigenvalue weighted by Crippen LogP contribution is -2.50. The molecule has 1 saturated heterocycles. The Morgan fingerprint density at radius 2 is 1.32 bits per heavy atom. The zero-order valence-electron chi connectivity index (χ0n) is 18.6. The minimum absolute atomic E-state index is 0.149. The molecule has 176 valence electrons. The minimum atomic E-state index is -3.72. The van der Waals surface area contributed by atoms with E-state index >= 15 is 0 Å². The van der Waals surface area contributed by atoms with Gasteiger partial charge in [-0.05, 0) is 61.0 Å². The van der Waals surface area contributed by atoms with E-state index in [1.54, 1.807) is 71.3 Å². The third-order valence-electron chi connectivity index (χ3n) is 5.71. The van der Waals surface area contributed by atoms with Gasteiger partial charge < -0.3 is 9.80 Å². The number of benzene rings is 3. The molecule has 3 aromatic rings. The van der Waals surface area contributed by atoms with E-state index in [4.69, 9.17) is 0 Å². The van der Waals surface area contributed by atoms with Gasteiger partial charge in [-0.2, -0.15) is 0 Å². The van der Waals surface area contributed by atoms with Crippen molar-refractivity contribution in [2.24, 2.45) is 0 Å². The van der Waals surface area contributed by atoms with Crippen molar-refractivity contribution >= 4 is 27.5 Å². The van der Waals surface area contributed by atoms with Crippen LogP contribution in [0, 0.1) is 12.7 Å². The molecule has 0 saturated carbocycles. The first-order valence-electron chi connectivity index (χ1n) is 10.8. The molecule has 0 spiro atoms. The van der Waals surface area contributed by atoms with Crippen LogP contribution in [0.15, 0.2) is 77.7 Å². The summed E-state index contributed by atoms with van der Waals surface area (Å²) in [5.74, 6) is -0.888. The first-order valence-corrected chi connectivity index (χ1v) is 12.3. The maximum atomic E-state index is 13.8. The monoisotopic (exact) mass is 481 g/mol. The third-order valence-corrected chi connectivity index (χ3v) is 7.11. The molecule has 0 radical (unpaired) electrons. The second kappa shape index (κ2) is 9.64. The number of rotatable bonds is 5. The van der Waals surface area contributed by atoms with Crippen molar-refractivity contribution in [1.82, 2.24) is 9.80 Å². The minimum Gasteiger partial charge on any atom is -0.335 e. The molecule has 0 unspecified atom stereocenters. The molecular formula is C25H24FN3O4S. The standard InChI is InChI=1S/C25H24FN3O4S/c1-18-7-8-20(17-23(18)26)25(31)29-15-13-28(14-16-29)24(30)19-9-11-21(12-10-19)27-34(32,33)22-5-3-2-4-6-22/h2-12,17,27H,13-16H2,1H3. The summed E-state index contributed by atoms with van der Waals surface area (Å²) < 4.78 is 41.2. The Balaban J connectivity index is 1.36. The van der Waals surface area contributed by atoms with Gasteiger partial charge in [-0.25, -0.2) is 12.8 Å². The molecule has 0 bridgehead atoms. The summed E-state index contributed by atoms with van der Waals surface area (Å²) in [5.41, 5.74) is 1.53. The van der Waals surface area contributed by atoms with E-state index in [0.717, 1.165) is 0 Å². The van der Waals surface area contributed by atoms with Crippen LogP contribution in [0.3, 0.4) is 0 Å². The molecule has 1 aliphatic heterocycles. The fourth-order valence-electron chi connectivity index (χ4n) is 3.70. The third kappa shape index (κ3) is 5.09. The van der Waals surface area contributed by atoms with Gasteiger partial charge in [0.15, 0.2) is 0 Å². The van der Waals surface area contributed by atoms with Crippen molar-refractivity contribution in [3.63, 3.8) is 0 Å². The number of hydrogen-bond acceptors (Lipinski definition) is 4. The van der Waals surface area contributed by atoms with Crippen molar-refractivity contribution in [1.29, 1.82) is 0 Å². The van der Waals surface area contributed by atoms with E-state index in [2.05, 4.69) is 4.72 Å². The average Bonchev–Trinajstić information content (AvgIpc) is 2.86. The Kier molecular flexibility index (Phi) is 6.65. The zero-order chi connectivity index (χ0) is 24.3. The van der Waals surface area contributed by atoms with Crippen molar-refractivity contribution in [2.45, 2.75) is 11.8 Å². The van der Waals surface area contributed by atoms with Crippen LogP contribution in [-0.2, 0) is 10.0 Å². The summed E-state index contributed by atoms with van der Waals surface area (Å²) >= 11 is 0. The van der Waals surface area contributed by atoms with Crippen LogP contribution < -0.4 is 4.72 Å². The van der Waals surface area contributed by atoms with E-state index in [1.807, 2.05) is 0 Å². The maximum Gasteiger partial charge on any atom is 0.261 e. The molecule has 34 heavy (non-hydrogen) atoms. The van der Waals surface area contributed by atoms with Gasteiger partial charge in [0, 0.05) is 43.0 Å². The summed E-state index contributed by atoms with van der Waals surface area (Å²) in [6.45, 7) is 3.02. The normalized spacial score (nSPS) is 14.1. The zero-order valence-corrected chi connectivity index (χ0v) is 19.4. The first kappa shape index (κ1) is 23.4. The van der Waals surface area contributed by atoms with E-state index in [1.165, 1.54) is 18.2 Å². The predicted octanol–water partition coefficient (Wildman–Crippen LogP) is 3.53. The van der Waals surface area contributed by atoms with Gasteiger partial charge in [0.1, 0.15) is 5.82 Å². The summed E-state index contributed by atoms with van der Waals surface area (Å²) in [4.78, 5) is 28.9. The Hall–Kier alpha value is -3.72. The highest BCUT2D eigenvalue weighted by Crippen LogP contribution is 2.18. The Labute approximate surface area is 197 Å². The van der Waals surface area contributed by atoms with Gasteiger partial charge in [0.25, 0.3) is 21.8 Å². The van der Waals surface area contributed by atoms with Crippen LogP contribution in [-0.4, -0.2) is 56.2 Å². The lowest BCUT2D eigenvalue weighted by atomic mass is 10.1. The number of sulfonamides is 1. The molecule has 7 nitrogen and oxygen atoms in total. The van der Waals surface area contributed by atoms with Gasteiger partial charge >= 0.3 is 0 Å². The van der Waals surface area contributed by atoms with Crippen LogP contribution in [0.1, 0.15) is 26.3 Å². The van der Waals surface area contributed by atoms with Crippen LogP contribution >= 0.6 is 0 Å². The molecular weight excluding hydrogens is 457 g/mol. The van der Waals surface area contributed by atoms with Crippen LogP contribution in [0.2, 0.25) is 0 Å². The fraction of sp³-hybridized carbons (Fsp3) is 0.200. The average molecular weight is 482 g/mol. The summed E-state index contributed by atoms with van der Waals surface area (Å²) in [5, 5.41) is 0. The second-order valence-corrected chi connectivity index (χ2v) is 9.73. The van der Waals surface area contributed by atoms with Gasteiger partial charge in [-0.15, -0.1) is 0 Å². The quantitative estimate of drug-likeness (QED) is 0.604. The molecule has 4 rings (SSSR count). The Morgan fingerprint density at radius 3 is 1.88 bits per heavy atom. The van der Waals surface area contributed by atoms with Gasteiger partial charge in [-0.3, -0.25) is 14.3 Å². The highest BCUT2D eigenvalue weighted by molar-refractivity contribution is 7.92. The number of nitrogens with one attached hydrogen (secondary N) is 1. The van der Waals surface area contributed by atoms with Crippen molar-refractivity contribution < 1.29 is 22.4 Å². The van der Waals surface area contributed by atoms with Gasteiger partial charge in [0.05, 0.1) is 4.90 Å². The first-order chi connectivity index (χ1) is 16.2. The number of anilines is 1. The number of nitrogens with zero attached hydrogens (tertiary/aromatic N) is 2. The highest BCUT2D eigenvalue weighted by Gasteiger charge is 2.26. The Bertz CT molecular complexity index is 1300. The van der Waals surface area contributed by atoms with Crippen molar-refractivity contribution in [3.8, 4) is 0 Å². The Morgan fingerprint density at radius 1 is 0.794 bits per heavy atom. The van der Waals surface area contributed by atoms with E-state index in [-0.39, 0.29) is 22.3 Å². The molecule has 9 heteroatoms. The van der Waals surface area contributed by atoms with Gasteiger partial charge in [-0.1, -0.05) is 24.3 Å². The molecule has 1 fully saturated rings. The molecule has 1 aliphatic rings. The van der Waals surface area contributed by atoms with E-state index in [0.29, 0.717) is 43.0 Å². The topological polar surface area (TPSA) is 86.8 Å². The number of carbonyl (C=O) groups is 2. The number of carbonyl (C=O) groups excluding carboxylic acids is 2. The number of aryl methyl sites for hydroxylation is 1. The van der Waals surface area contributed by atoms with Crippen LogP contribution in [0.25, 0.3) is 0 Å².